The van der Waals surface area contributed by atoms with Crippen LogP contribution in [0.4, 0.5) is 5.82 Å². The summed E-state index contributed by atoms with van der Waals surface area (Å²) in [5, 5.41) is 13.0. The predicted molar refractivity (Wildman–Crippen MR) is 80.2 cm³/mol. The first-order chi connectivity index (χ1) is 10.7. The lowest BCUT2D eigenvalue weighted by Gasteiger charge is -2.13. The highest BCUT2D eigenvalue weighted by Crippen LogP contribution is 2.34. The first kappa shape index (κ1) is 13.9. The molecule has 0 aliphatic heterocycles. The number of hydrogen-bond acceptors (Lipinski definition) is 7. The first-order valence-corrected chi connectivity index (χ1v) is 6.54. The van der Waals surface area contributed by atoms with Crippen LogP contribution >= 0.6 is 0 Å². The lowest BCUT2D eigenvalue weighted by Crippen LogP contribution is -2.04. The van der Waals surface area contributed by atoms with E-state index in [1.807, 2.05) is 0 Å². The van der Waals surface area contributed by atoms with Gasteiger partial charge in [-0.05, 0) is 6.07 Å². The zero-order valence-corrected chi connectivity index (χ0v) is 12.1. The SMILES string of the molecule is COc1cc(CNc2ncnc3[nH]cnc23)c(OC)cc1O. The van der Waals surface area contributed by atoms with Crippen LogP contribution in [0.5, 0.6) is 17.2 Å². The number of benzene rings is 1. The minimum atomic E-state index is 0.0276. The van der Waals surface area contributed by atoms with Gasteiger partial charge in [0.1, 0.15) is 17.6 Å². The van der Waals surface area contributed by atoms with Crippen LogP contribution in [0, 0.1) is 0 Å². The van der Waals surface area contributed by atoms with Crippen molar-refractivity contribution < 1.29 is 14.6 Å². The van der Waals surface area contributed by atoms with Crippen molar-refractivity contribution in [3.8, 4) is 17.2 Å². The molecule has 0 radical (unpaired) electrons. The van der Waals surface area contributed by atoms with Crippen molar-refractivity contribution in [2.24, 2.45) is 0 Å². The van der Waals surface area contributed by atoms with Crippen LogP contribution in [0.1, 0.15) is 5.56 Å². The molecule has 3 rings (SSSR count). The standard InChI is InChI=1S/C14H15N5O3/c1-21-10-4-9(20)11(22-2)3-8(10)5-15-13-12-14(17-6-16-12)19-7-18-13/h3-4,6-7,20H,5H2,1-2H3,(H2,15,16,17,18,19). The molecule has 8 heteroatoms. The molecule has 0 unspecified atom stereocenters. The average Bonchev–Trinajstić information content (AvgIpc) is 3.02. The minimum Gasteiger partial charge on any atom is -0.504 e. The molecule has 0 aliphatic carbocycles. The third kappa shape index (κ3) is 2.46. The van der Waals surface area contributed by atoms with Crippen LogP contribution in [0.2, 0.25) is 0 Å². The maximum Gasteiger partial charge on any atom is 0.162 e. The molecule has 114 valence electrons. The van der Waals surface area contributed by atoms with E-state index in [-0.39, 0.29) is 5.75 Å². The Bertz CT molecular complexity index is 802. The van der Waals surface area contributed by atoms with Crippen LogP contribution in [-0.2, 0) is 6.54 Å². The number of aromatic nitrogens is 4. The predicted octanol–water partition coefficient (Wildman–Crippen LogP) is 1.69. The third-order valence-electron chi connectivity index (χ3n) is 3.25. The molecule has 22 heavy (non-hydrogen) atoms. The Hall–Kier alpha value is -3.03. The zero-order valence-electron chi connectivity index (χ0n) is 12.1. The first-order valence-electron chi connectivity index (χ1n) is 6.54. The molecule has 0 atom stereocenters. The third-order valence-corrected chi connectivity index (χ3v) is 3.25. The van der Waals surface area contributed by atoms with E-state index in [2.05, 4.69) is 25.3 Å². The minimum absolute atomic E-state index is 0.0276. The molecule has 1 aromatic carbocycles. The van der Waals surface area contributed by atoms with Crippen molar-refractivity contribution in [3.63, 3.8) is 0 Å². The molecule has 3 aromatic rings. The average molecular weight is 301 g/mol. The summed E-state index contributed by atoms with van der Waals surface area (Å²) in [5.74, 6) is 1.57. The fraction of sp³-hybridized carbons (Fsp3) is 0.214. The number of rotatable bonds is 5. The van der Waals surface area contributed by atoms with E-state index in [0.29, 0.717) is 35.0 Å². The van der Waals surface area contributed by atoms with Crippen molar-refractivity contribution in [1.82, 2.24) is 19.9 Å². The van der Waals surface area contributed by atoms with Gasteiger partial charge in [-0.2, -0.15) is 0 Å². The van der Waals surface area contributed by atoms with E-state index in [1.54, 1.807) is 19.5 Å². The summed E-state index contributed by atoms with van der Waals surface area (Å²) in [6.07, 6.45) is 3.02. The Balaban J connectivity index is 1.88. The number of H-pyrrole nitrogens is 1. The topological polar surface area (TPSA) is 105 Å². The number of aromatic amines is 1. The van der Waals surface area contributed by atoms with Gasteiger partial charge in [0.05, 0.1) is 20.5 Å². The number of aromatic hydroxyl groups is 1. The summed E-state index contributed by atoms with van der Waals surface area (Å²) in [7, 11) is 3.04. The van der Waals surface area contributed by atoms with Gasteiger partial charge in [-0.25, -0.2) is 15.0 Å². The Morgan fingerprint density at radius 1 is 1.14 bits per heavy atom. The molecule has 0 bridgehead atoms. The van der Waals surface area contributed by atoms with Gasteiger partial charge in [0.25, 0.3) is 0 Å². The molecule has 2 aromatic heterocycles. The number of nitrogens with one attached hydrogen (secondary N) is 2. The summed E-state index contributed by atoms with van der Waals surface area (Å²) in [4.78, 5) is 15.4. The van der Waals surface area contributed by atoms with Crippen LogP contribution in [0.3, 0.4) is 0 Å². The Morgan fingerprint density at radius 3 is 2.73 bits per heavy atom. The lowest BCUT2D eigenvalue weighted by atomic mass is 10.1. The van der Waals surface area contributed by atoms with E-state index in [4.69, 9.17) is 9.47 Å². The smallest absolute Gasteiger partial charge is 0.162 e. The van der Waals surface area contributed by atoms with Gasteiger partial charge in [-0.1, -0.05) is 0 Å². The molecule has 2 heterocycles. The highest BCUT2D eigenvalue weighted by Gasteiger charge is 2.12. The second-order valence-electron chi connectivity index (χ2n) is 4.51. The summed E-state index contributed by atoms with van der Waals surface area (Å²) >= 11 is 0. The second-order valence-corrected chi connectivity index (χ2v) is 4.51. The summed E-state index contributed by atoms with van der Waals surface area (Å²) in [5.41, 5.74) is 2.14. The fourth-order valence-corrected chi connectivity index (χ4v) is 2.16. The summed E-state index contributed by atoms with van der Waals surface area (Å²) in [6.45, 7) is 0.429. The van der Waals surface area contributed by atoms with Crippen molar-refractivity contribution in [2.45, 2.75) is 6.54 Å². The second kappa shape index (κ2) is 5.76. The van der Waals surface area contributed by atoms with Crippen molar-refractivity contribution in [2.75, 3.05) is 19.5 Å². The monoisotopic (exact) mass is 301 g/mol. The molecule has 0 aliphatic rings. The molecular formula is C14H15N5O3. The van der Waals surface area contributed by atoms with Crippen molar-refractivity contribution in [3.05, 3.63) is 30.4 Å². The molecule has 0 amide bonds. The van der Waals surface area contributed by atoms with E-state index in [0.717, 1.165) is 5.56 Å². The number of phenols is 1. The Kier molecular flexibility index (Phi) is 3.65. The molecule has 3 N–H and O–H groups in total. The zero-order chi connectivity index (χ0) is 15.5. The van der Waals surface area contributed by atoms with Gasteiger partial charge in [0, 0.05) is 18.2 Å². The lowest BCUT2D eigenvalue weighted by molar-refractivity contribution is 0.364. The maximum atomic E-state index is 9.79. The Labute approximate surface area is 126 Å². The molecule has 8 nitrogen and oxygen atoms in total. The highest BCUT2D eigenvalue weighted by atomic mass is 16.5. The molecule has 0 spiro atoms. The van der Waals surface area contributed by atoms with Crippen LogP contribution in [0.15, 0.2) is 24.8 Å². The van der Waals surface area contributed by atoms with Crippen LogP contribution in [0.25, 0.3) is 11.2 Å². The van der Waals surface area contributed by atoms with Gasteiger partial charge in [0.2, 0.25) is 0 Å². The van der Waals surface area contributed by atoms with Crippen molar-refractivity contribution >= 4 is 17.0 Å². The van der Waals surface area contributed by atoms with Crippen molar-refractivity contribution in [1.29, 1.82) is 0 Å². The molecule has 0 fully saturated rings. The van der Waals surface area contributed by atoms with E-state index >= 15 is 0 Å². The van der Waals surface area contributed by atoms with Gasteiger partial charge in [-0.3, -0.25) is 0 Å². The molecule has 0 saturated carbocycles. The fourth-order valence-electron chi connectivity index (χ4n) is 2.16. The number of nitrogens with zero attached hydrogens (tertiary/aromatic N) is 3. The van der Waals surface area contributed by atoms with Crippen LogP contribution in [-0.4, -0.2) is 39.3 Å². The maximum absolute atomic E-state index is 9.79. The molecular weight excluding hydrogens is 286 g/mol. The van der Waals surface area contributed by atoms with E-state index in [1.165, 1.54) is 19.5 Å². The van der Waals surface area contributed by atoms with Gasteiger partial charge < -0.3 is 24.9 Å². The number of phenolic OH excluding ortho intramolecular Hbond substituents is 1. The number of methoxy groups -OCH3 is 2. The van der Waals surface area contributed by atoms with E-state index in [9.17, 15) is 5.11 Å². The number of imidazole rings is 1. The number of ether oxygens (including phenoxy) is 2. The van der Waals surface area contributed by atoms with Crippen LogP contribution < -0.4 is 14.8 Å². The number of anilines is 1. The summed E-state index contributed by atoms with van der Waals surface area (Å²) in [6, 6.07) is 3.23. The van der Waals surface area contributed by atoms with Gasteiger partial charge in [0.15, 0.2) is 23.0 Å². The largest absolute Gasteiger partial charge is 0.504 e. The number of fused-ring (bicyclic) bond motifs is 1. The quantitative estimate of drug-likeness (QED) is 0.658. The number of hydrogen-bond donors (Lipinski definition) is 3. The normalized spacial score (nSPS) is 10.6. The molecule has 0 saturated heterocycles. The van der Waals surface area contributed by atoms with E-state index < -0.39 is 0 Å². The highest BCUT2D eigenvalue weighted by molar-refractivity contribution is 5.81. The Morgan fingerprint density at radius 2 is 1.95 bits per heavy atom. The summed E-state index contributed by atoms with van der Waals surface area (Å²) < 4.78 is 10.4. The van der Waals surface area contributed by atoms with Gasteiger partial charge >= 0.3 is 0 Å². The van der Waals surface area contributed by atoms with Gasteiger partial charge in [-0.15, -0.1) is 0 Å².